The average Bonchev–Trinajstić information content (AvgIpc) is 3.30. The summed E-state index contributed by atoms with van der Waals surface area (Å²) in [5.41, 5.74) is 1.24. The van der Waals surface area contributed by atoms with Gasteiger partial charge in [0, 0.05) is 10.9 Å². The predicted molar refractivity (Wildman–Crippen MR) is 93.8 cm³/mol. The molecule has 0 saturated carbocycles. The zero-order valence-corrected chi connectivity index (χ0v) is 14.9. The number of rotatable bonds is 6. The summed E-state index contributed by atoms with van der Waals surface area (Å²) in [4.78, 5) is 11.4. The molecule has 3 aromatic rings. The smallest absolute Gasteiger partial charge is 0.337 e. The standard InChI is InChI=1S/C17H15NO5S2/c1-22-17(19)12-2-5-15(6-3-12)25(20,21)18-10-14-4-7-16(23-14)13-8-9-24-11-13/h2-9,11,18H,10H2,1H3. The van der Waals surface area contributed by atoms with Crippen LogP contribution in [0.5, 0.6) is 0 Å². The second-order valence-electron chi connectivity index (χ2n) is 5.12. The summed E-state index contributed by atoms with van der Waals surface area (Å²) in [6.45, 7) is 0.0330. The van der Waals surface area contributed by atoms with E-state index in [4.69, 9.17) is 4.42 Å². The van der Waals surface area contributed by atoms with Gasteiger partial charge in [-0.1, -0.05) is 0 Å². The number of nitrogens with one attached hydrogen (secondary N) is 1. The molecular weight excluding hydrogens is 362 g/mol. The molecule has 0 aliphatic rings. The molecule has 1 N–H and O–H groups in total. The maximum absolute atomic E-state index is 12.3. The Morgan fingerprint density at radius 2 is 1.92 bits per heavy atom. The monoisotopic (exact) mass is 377 g/mol. The lowest BCUT2D eigenvalue weighted by atomic mass is 10.2. The molecule has 0 fully saturated rings. The highest BCUT2D eigenvalue weighted by Gasteiger charge is 2.16. The van der Waals surface area contributed by atoms with Gasteiger partial charge in [0.2, 0.25) is 10.0 Å². The lowest BCUT2D eigenvalue weighted by Gasteiger charge is -2.06. The fraction of sp³-hybridized carbons (Fsp3) is 0.118. The second kappa shape index (κ2) is 7.22. The van der Waals surface area contributed by atoms with Gasteiger partial charge in [0.05, 0.1) is 24.1 Å². The molecular formula is C17H15NO5S2. The number of carbonyl (C=O) groups excluding carboxylic acids is 1. The van der Waals surface area contributed by atoms with Gasteiger partial charge in [-0.25, -0.2) is 17.9 Å². The third-order valence-corrected chi connectivity index (χ3v) is 5.59. The molecule has 0 aliphatic heterocycles. The Hall–Kier alpha value is -2.42. The average molecular weight is 377 g/mol. The van der Waals surface area contributed by atoms with E-state index in [-0.39, 0.29) is 17.0 Å². The van der Waals surface area contributed by atoms with E-state index < -0.39 is 16.0 Å². The van der Waals surface area contributed by atoms with Crippen LogP contribution in [-0.4, -0.2) is 21.5 Å². The van der Waals surface area contributed by atoms with Crippen LogP contribution < -0.4 is 4.72 Å². The molecule has 8 heteroatoms. The first-order chi connectivity index (χ1) is 12.0. The zero-order chi connectivity index (χ0) is 17.9. The van der Waals surface area contributed by atoms with Crippen molar-refractivity contribution in [3.05, 3.63) is 64.5 Å². The van der Waals surface area contributed by atoms with Crippen LogP contribution in [0.25, 0.3) is 11.3 Å². The molecule has 3 rings (SSSR count). The van der Waals surface area contributed by atoms with Crippen molar-refractivity contribution in [2.24, 2.45) is 0 Å². The Balaban J connectivity index is 1.68. The van der Waals surface area contributed by atoms with Crippen LogP contribution in [0.2, 0.25) is 0 Å². The number of ether oxygens (including phenoxy) is 1. The third kappa shape index (κ3) is 3.98. The quantitative estimate of drug-likeness (QED) is 0.666. The van der Waals surface area contributed by atoms with Crippen molar-refractivity contribution in [3.63, 3.8) is 0 Å². The highest BCUT2D eigenvalue weighted by atomic mass is 32.2. The van der Waals surface area contributed by atoms with Crippen LogP contribution in [-0.2, 0) is 21.3 Å². The molecule has 1 aromatic carbocycles. The van der Waals surface area contributed by atoms with Crippen molar-refractivity contribution < 1.29 is 22.4 Å². The van der Waals surface area contributed by atoms with Gasteiger partial charge in [0.25, 0.3) is 0 Å². The summed E-state index contributed by atoms with van der Waals surface area (Å²) in [6.07, 6.45) is 0. The van der Waals surface area contributed by atoms with Gasteiger partial charge in [0.15, 0.2) is 0 Å². The highest BCUT2D eigenvalue weighted by molar-refractivity contribution is 7.89. The van der Waals surface area contributed by atoms with E-state index in [0.717, 1.165) is 5.56 Å². The molecule has 6 nitrogen and oxygen atoms in total. The summed E-state index contributed by atoms with van der Waals surface area (Å²) >= 11 is 1.56. The molecule has 0 unspecified atom stereocenters. The molecule has 0 saturated heterocycles. The number of methoxy groups -OCH3 is 1. The normalized spacial score (nSPS) is 11.4. The van der Waals surface area contributed by atoms with Crippen LogP contribution >= 0.6 is 11.3 Å². The van der Waals surface area contributed by atoms with E-state index in [9.17, 15) is 13.2 Å². The minimum Gasteiger partial charge on any atom is -0.465 e. The number of hydrogen-bond acceptors (Lipinski definition) is 6. The van der Waals surface area contributed by atoms with Gasteiger partial charge in [-0.3, -0.25) is 0 Å². The Labute approximate surface area is 149 Å². The first-order valence-electron chi connectivity index (χ1n) is 7.29. The molecule has 0 bridgehead atoms. The van der Waals surface area contributed by atoms with Crippen LogP contribution in [0.1, 0.15) is 16.1 Å². The Bertz CT molecular complexity index is 957. The van der Waals surface area contributed by atoms with Gasteiger partial charge in [0.1, 0.15) is 11.5 Å². The van der Waals surface area contributed by atoms with Crippen LogP contribution in [0.4, 0.5) is 0 Å². The van der Waals surface area contributed by atoms with Crippen molar-refractivity contribution in [2.75, 3.05) is 7.11 Å². The minimum absolute atomic E-state index is 0.0330. The van der Waals surface area contributed by atoms with Crippen molar-refractivity contribution in [1.29, 1.82) is 0 Å². The molecule has 2 heterocycles. The molecule has 0 atom stereocenters. The number of furan rings is 1. The Morgan fingerprint density at radius 3 is 2.56 bits per heavy atom. The van der Waals surface area contributed by atoms with E-state index in [1.54, 1.807) is 23.5 Å². The lowest BCUT2D eigenvalue weighted by molar-refractivity contribution is 0.0600. The van der Waals surface area contributed by atoms with Crippen LogP contribution in [0.3, 0.4) is 0 Å². The van der Waals surface area contributed by atoms with Gasteiger partial charge in [-0.05, 0) is 47.8 Å². The summed E-state index contributed by atoms with van der Waals surface area (Å²) in [5.74, 6) is 0.683. The van der Waals surface area contributed by atoms with Crippen molar-refractivity contribution in [1.82, 2.24) is 4.72 Å². The van der Waals surface area contributed by atoms with E-state index in [1.165, 1.54) is 31.4 Å². The number of benzene rings is 1. The Kier molecular flexibility index (Phi) is 5.03. The Morgan fingerprint density at radius 1 is 1.16 bits per heavy atom. The first-order valence-corrected chi connectivity index (χ1v) is 9.71. The minimum atomic E-state index is -3.71. The largest absolute Gasteiger partial charge is 0.465 e. The fourth-order valence-electron chi connectivity index (χ4n) is 2.17. The lowest BCUT2D eigenvalue weighted by Crippen LogP contribution is -2.23. The third-order valence-electron chi connectivity index (χ3n) is 3.49. The van der Waals surface area contributed by atoms with Gasteiger partial charge in [-0.15, -0.1) is 0 Å². The number of hydrogen-bond donors (Lipinski definition) is 1. The summed E-state index contributed by atoms with van der Waals surface area (Å²) < 4.78 is 37.4. The number of thiophene rings is 1. The predicted octanol–water partition coefficient (Wildman–Crippen LogP) is 3.27. The number of sulfonamides is 1. The maximum atomic E-state index is 12.3. The topological polar surface area (TPSA) is 85.6 Å². The summed E-state index contributed by atoms with van der Waals surface area (Å²) in [5, 5.41) is 3.90. The van der Waals surface area contributed by atoms with E-state index in [0.29, 0.717) is 11.5 Å². The van der Waals surface area contributed by atoms with E-state index in [1.807, 2.05) is 16.8 Å². The van der Waals surface area contributed by atoms with Crippen LogP contribution in [0, 0.1) is 0 Å². The van der Waals surface area contributed by atoms with Crippen molar-refractivity contribution in [3.8, 4) is 11.3 Å². The summed E-state index contributed by atoms with van der Waals surface area (Å²) in [6, 6.07) is 11.0. The van der Waals surface area contributed by atoms with Gasteiger partial charge < -0.3 is 9.15 Å². The molecule has 0 aliphatic carbocycles. The molecule has 0 radical (unpaired) electrons. The van der Waals surface area contributed by atoms with E-state index >= 15 is 0 Å². The van der Waals surface area contributed by atoms with Gasteiger partial charge >= 0.3 is 5.97 Å². The highest BCUT2D eigenvalue weighted by Crippen LogP contribution is 2.24. The van der Waals surface area contributed by atoms with Gasteiger partial charge in [-0.2, -0.15) is 11.3 Å². The zero-order valence-electron chi connectivity index (χ0n) is 13.3. The first kappa shape index (κ1) is 17.4. The molecule has 25 heavy (non-hydrogen) atoms. The molecule has 2 aromatic heterocycles. The van der Waals surface area contributed by atoms with E-state index in [2.05, 4.69) is 9.46 Å². The molecule has 0 amide bonds. The number of carbonyl (C=O) groups is 1. The van der Waals surface area contributed by atoms with Crippen molar-refractivity contribution in [2.45, 2.75) is 11.4 Å². The SMILES string of the molecule is COC(=O)c1ccc(S(=O)(=O)NCc2ccc(-c3ccsc3)o2)cc1. The van der Waals surface area contributed by atoms with Crippen LogP contribution in [0.15, 0.2) is 62.5 Å². The number of esters is 1. The summed E-state index contributed by atoms with van der Waals surface area (Å²) in [7, 11) is -2.45. The molecule has 130 valence electrons. The maximum Gasteiger partial charge on any atom is 0.337 e. The fourth-order valence-corrected chi connectivity index (χ4v) is 3.81. The molecule has 0 spiro atoms. The van der Waals surface area contributed by atoms with Crippen molar-refractivity contribution >= 4 is 27.3 Å². The second-order valence-corrected chi connectivity index (χ2v) is 7.67.